The highest BCUT2D eigenvalue weighted by atomic mass is 16.2. The van der Waals surface area contributed by atoms with E-state index in [1.165, 1.54) is 4.90 Å². The van der Waals surface area contributed by atoms with Gasteiger partial charge in [-0.1, -0.05) is 6.07 Å². The molecule has 0 aliphatic carbocycles. The van der Waals surface area contributed by atoms with E-state index in [4.69, 9.17) is 0 Å². The van der Waals surface area contributed by atoms with E-state index in [-0.39, 0.29) is 24.9 Å². The fourth-order valence-electron chi connectivity index (χ4n) is 2.79. The Hall–Kier alpha value is -2.64. The predicted molar refractivity (Wildman–Crippen MR) is 82.8 cm³/mol. The Kier molecular flexibility index (Phi) is 4.14. The normalized spacial score (nSPS) is 18.8. The van der Waals surface area contributed by atoms with Gasteiger partial charge in [-0.2, -0.15) is 0 Å². The summed E-state index contributed by atoms with van der Waals surface area (Å²) in [4.78, 5) is 46.3. The zero-order chi connectivity index (χ0) is 16.4. The van der Waals surface area contributed by atoms with Crippen molar-refractivity contribution in [3.05, 3.63) is 24.4 Å². The van der Waals surface area contributed by atoms with Gasteiger partial charge in [-0.05, 0) is 12.1 Å². The molecular formula is C15H19N5O3. The molecule has 0 N–H and O–H groups in total. The molecule has 8 heteroatoms. The van der Waals surface area contributed by atoms with Gasteiger partial charge in [0, 0.05) is 39.4 Å². The highest BCUT2D eigenvalue weighted by Gasteiger charge is 2.36. The van der Waals surface area contributed by atoms with Crippen LogP contribution in [0.15, 0.2) is 24.4 Å². The number of hydrogen-bond donors (Lipinski definition) is 0. The Morgan fingerprint density at radius 2 is 1.91 bits per heavy atom. The van der Waals surface area contributed by atoms with Gasteiger partial charge in [0.15, 0.2) is 0 Å². The second kappa shape index (κ2) is 6.23. The molecule has 2 saturated heterocycles. The Bertz CT molecular complexity index is 613. The summed E-state index contributed by atoms with van der Waals surface area (Å²) in [5.41, 5.74) is 0. The van der Waals surface area contributed by atoms with Crippen molar-refractivity contribution < 1.29 is 14.4 Å². The molecule has 0 spiro atoms. The summed E-state index contributed by atoms with van der Waals surface area (Å²) in [6.07, 6.45) is 1.74. The molecule has 0 radical (unpaired) electrons. The summed E-state index contributed by atoms with van der Waals surface area (Å²) in [5.74, 6) is 0.381. The standard InChI is InChI=1S/C15H19N5O3/c1-17-10-14(22)20(15(17)23)11-13(21)19-8-6-18(7-9-19)12-4-2-3-5-16-12/h2-5H,6-11H2,1H3. The third kappa shape index (κ3) is 3.10. The highest BCUT2D eigenvalue weighted by molar-refractivity contribution is 6.04. The number of piperazine rings is 1. The number of anilines is 1. The molecule has 1 aromatic rings. The van der Waals surface area contributed by atoms with Crippen molar-refractivity contribution in [3.8, 4) is 0 Å². The zero-order valence-corrected chi connectivity index (χ0v) is 13.0. The van der Waals surface area contributed by atoms with Crippen LogP contribution in [0.3, 0.4) is 0 Å². The van der Waals surface area contributed by atoms with Crippen LogP contribution in [0.4, 0.5) is 10.6 Å². The van der Waals surface area contributed by atoms with Gasteiger partial charge in [0.2, 0.25) is 5.91 Å². The van der Waals surface area contributed by atoms with E-state index in [1.54, 1.807) is 18.1 Å². The van der Waals surface area contributed by atoms with E-state index in [1.807, 2.05) is 18.2 Å². The number of carbonyl (C=O) groups is 3. The van der Waals surface area contributed by atoms with E-state index in [2.05, 4.69) is 9.88 Å². The van der Waals surface area contributed by atoms with Crippen molar-refractivity contribution in [2.45, 2.75) is 0 Å². The SMILES string of the molecule is CN1CC(=O)N(CC(=O)N2CCN(c3ccccn3)CC2)C1=O. The van der Waals surface area contributed by atoms with Crippen molar-refractivity contribution in [3.63, 3.8) is 0 Å². The van der Waals surface area contributed by atoms with Crippen molar-refractivity contribution in [1.29, 1.82) is 0 Å². The first-order valence-corrected chi connectivity index (χ1v) is 7.55. The van der Waals surface area contributed by atoms with Gasteiger partial charge < -0.3 is 14.7 Å². The van der Waals surface area contributed by atoms with Crippen LogP contribution in [0.25, 0.3) is 0 Å². The maximum absolute atomic E-state index is 12.3. The van der Waals surface area contributed by atoms with Crippen LogP contribution >= 0.6 is 0 Å². The minimum absolute atomic E-state index is 0.0412. The quantitative estimate of drug-likeness (QED) is 0.711. The minimum atomic E-state index is -0.407. The average Bonchev–Trinajstić information content (AvgIpc) is 2.82. The fourth-order valence-corrected chi connectivity index (χ4v) is 2.79. The summed E-state index contributed by atoms with van der Waals surface area (Å²) in [7, 11) is 1.55. The lowest BCUT2D eigenvalue weighted by atomic mass is 10.3. The lowest BCUT2D eigenvalue weighted by molar-refractivity contribution is -0.136. The number of urea groups is 1. The van der Waals surface area contributed by atoms with Gasteiger partial charge >= 0.3 is 6.03 Å². The first kappa shape index (κ1) is 15.3. The Balaban J connectivity index is 1.55. The average molecular weight is 317 g/mol. The molecule has 0 atom stereocenters. The smallest absolute Gasteiger partial charge is 0.327 e. The summed E-state index contributed by atoms with van der Waals surface area (Å²) in [6.45, 7) is 2.35. The third-order valence-electron chi connectivity index (χ3n) is 4.13. The van der Waals surface area contributed by atoms with Gasteiger partial charge in [0.1, 0.15) is 18.9 Å². The molecular weight excluding hydrogens is 298 g/mol. The molecule has 8 nitrogen and oxygen atoms in total. The summed E-state index contributed by atoms with van der Waals surface area (Å²) in [6, 6.07) is 5.33. The Morgan fingerprint density at radius 3 is 2.48 bits per heavy atom. The van der Waals surface area contributed by atoms with E-state index in [0.29, 0.717) is 26.2 Å². The first-order chi connectivity index (χ1) is 11.1. The van der Waals surface area contributed by atoms with Gasteiger partial charge in [0.25, 0.3) is 5.91 Å². The Labute approximate surface area is 134 Å². The number of hydrogen-bond acceptors (Lipinski definition) is 5. The summed E-state index contributed by atoms with van der Waals surface area (Å²) in [5, 5.41) is 0. The fraction of sp³-hybridized carbons (Fsp3) is 0.467. The molecule has 4 amide bonds. The van der Waals surface area contributed by atoms with E-state index in [9.17, 15) is 14.4 Å². The van der Waals surface area contributed by atoms with Crippen LogP contribution in [-0.2, 0) is 9.59 Å². The highest BCUT2D eigenvalue weighted by Crippen LogP contribution is 2.14. The molecule has 1 aromatic heterocycles. The summed E-state index contributed by atoms with van der Waals surface area (Å²) < 4.78 is 0. The van der Waals surface area contributed by atoms with Gasteiger partial charge in [0.05, 0.1) is 0 Å². The lowest BCUT2D eigenvalue weighted by Gasteiger charge is -2.35. The molecule has 0 aromatic carbocycles. The van der Waals surface area contributed by atoms with Crippen LogP contribution in [0.5, 0.6) is 0 Å². The molecule has 0 bridgehead atoms. The molecule has 3 rings (SSSR count). The number of amides is 4. The van der Waals surface area contributed by atoms with Crippen molar-refractivity contribution in [1.82, 2.24) is 19.7 Å². The molecule has 0 saturated carbocycles. The summed E-state index contributed by atoms with van der Waals surface area (Å²) >= 11 is 0. The second-order valence-corrected chi connectivity index (χ2v) is 5.67. The number of imide groups is 1. The van der Waals surface area contributed by atoms with Crippen LogP contribution in [0, 0.1) is 0 Å². The van der Waals surface area contributed by atoms with Crippen LogP contribution in [0.2, 0.25) is 0 Å². The van der Waals surface area contributed by atoms with Crippen LogP contribution < -0.4 is 4.90 Å². The first-order valence-electron chi connectivity index (χ1n) is 7.55. The zero-order valence-electron chi connectivity index (χ0n) is 13.0. The largest absolute Gasteiger partial charge is 0.353 e. The molecule has 23 heavy (non-hydrogen) atoms. The number of likely N-dealkylation sites (N-methyl/N-ethyl adjacent to an activating group) is 1. The number of carbonyl (C=O) groups excluding carboxylic acids is 3. The molecule has 2 aliphatic rings. The van der Waals surface area contributed by atoms with Gasteiger partial charge in [-0.25, -0.2) is 9.78 Å². The van der Waals surface area contributed by atoms with E-state index >= 15 is 0 Å². The molecule has 0 unspecified atom stereocenters. The number of pyridine rings is 1. The number of rotatable bonds is 3. The molecule has 3 heterocycles. The maximum Gasteiger partial charge on any atom is 0.327 e. The lowest BCUT2D eigenvalue weighted by Crippen LogP contribution is -2.52. The predicted octanol–water partition coefficient (Wildman–Crippen LogP) is -0.376. The Morgan fingerprint density at radius 1 is 1.17 bits per heavy atom. The third-order valence-corrected chi connectivity index (χ3v) is 4.13. The van der Waals surface area contributed by atoms with Gasteiger partial charge in [-0.3, -0.25) is 14.5 Å². The van der Waals surface area contributed by atoms with Crippen LogP contribution in [-0.4, -0.2) is 83.8 Å². The second-order valence-electron chi connectivity index (χ2n) is 5.67. The minimum Gasteiger partial charge on any atom is -0.353 e. The van der Waals surface area contributed by atoms with Gasteiger partial charge in [-0.15, -0.1) is 0 Å². The molecule has 2 aliphatic heterocycles. The molecule has 122 valence electrons. The van der Waals surface area contributed by atoms with E-state index < -0.39 is 6.03 Å². The van der Waals surface area contributed by atoms with Crippen molar-refractivity contribution >= 4 is 23.7 Å². The molecule has 2 fully saturated rings. The van der Waals surface area contributed by atoms with Crippen LogP contribution in [0.1, 0.15) is 0 Å². The maximum atomic E-state index is 12.3. The monoisotopic (exact) mass is 317 g/mol. The van der Waals surface area contributed by atoms with Crippen molar-refractivity contribution in [2.24, 2.45) is 0 Å². The van der Waals surface area contributed by atoms with Crippen molar-refractivity contribution in [2.75, 3.05) is 51.2 Å². The topological polar surface area (TPSA) is 77.1 Å². The number of aromatic nitrogens is 1. The number of nitrogens with zero attached hydrogens (tertiary/aromatic N) is 5. The van der Waals surface area contributed by atoms with E-state index in [0.717, 1.165) is 10.7 Å².